The van der Waals surface area contributed by atoms with Gasteiger partial charge in [-0.25, -0.2) is 23.4 Å². The van der Waals surface area contributed by atoms with Crippen LogP contribution in [0.15, 0.2) is 34.1 Å². The average molecular weight is 352 g/mol. The molecule has 0 spiro atoms. The molecule has 1 N–H and O–H groups in total. The van der Waals surface area contributed by atoms with Gasteiger partial charge in [0.1, 0.15) is 17.2 Å². The number of nitrogens with zero attached hydrogens (tertiary/aromatic N) is 4. The number of aryl methyl sites for hydroxylation is 2. The summed E-state index contributed by atoms with van der Waals surface area (Å²) in [6.07, 6.45) is 1.52. The third-order valence-electron chi connectivity index (χ3n) is 3.49. The van der Waals surface area contributed by atoms with Crippen molar-refractivity contribution >= 4 is 17.1 Å². The van der Waals surface area contributed by atoms with Gasteiger partial charge in [0.05, 0.1) is 6.33 Å². The molecule has 3 aromatic rings. The van der Waals surface area contributed by atoms with E-state index in [0.717, 1.165) is 22.8 Å². The van der Waals surface area contributed by atoms with E-state index in [0.29, 0.717) is 11.2 Å². The van der Waals surface area contributed by atoms with Crippen LogP contribution in [0.4, 0.5) is 8.78 Å². The third-order valence-corrected chi connectivity index (χ3v) is 3.49. The molecule has 3 rings (SSSR count). The highest BCUT2D eigenvalue weighted by atomic mass is 19.1. The Kier molecular flexibility index (Phi) is 4.82. The molecule has 0 unspecified atom stereocenters. The van der Waals surface area contributed by atoms with Crippen molar-refractivity contribution < 1.29 is 18.7 Å². The quantitative estimate of drug-likeness (QED) is 0.693. The third kappa shape index (κ3) is 3.18. The molecule has 0 aliphatic heterocycles. The van der Waals surface area contributed by atoms with E-state index < -0.39 is 23.2 Å². The Morgan fingerprint density at radius 2 is 1.64 bits per heavy atom. The lowest BCUT2D eigenvalue weighted by Gasteiger charge is -2.02. The molecule has 0 bridgehead atoms. The summed E-state index contributed by atoms with van der Waals surface area (Å²) in [4.78, 5) is 37.3. The smallest absolute Gasteiger partial charge is 0.341 e. The maximum Gasteiger partial charge on any atom is 0.341 e. The van der Waals surface area contributed by atoms with Gasteiger partial charge in [0.2, 0.25) is 0 Å². The lowest BCUT2D eigenvalue weighted by Crippen LogP contribution is -2.37. The first kappa shape index (κ1) is 18.0. The minimum Gasteiger partial charge on any atom is -0.477 e. The van der Waals surface area contributed by atoms with Gasteiger partial charge in [0.25, 0.3) is 5.56 Å². The summed E-state index contributed by atoms with van der Waals surface area (Å²) in [5.41, 5.74) is -0.730. The second kappa shape index (κ2) is 6.67. The van der Waals surface area contributed by atoms with Crippen molar-refractivity contribution in [1.29, 1.82) is 0 Å². The van der Waals surface area contributed by atoms with Crippen LogP contribution in [0.1, 0.15) is 10.4 Å². The number of aromatic nitrogens is 4. The number of rotatable bonds is 1. The number of imidazole rings is 1. The van der Waals surface area contributed by atoms with Gasteiger partial charge in [0, 0.05) is 21.1 Å². The van der Waals surface area contributed by atoms with Crippen molar-refractivity contribution in [3.05, 3.63) is 62.6 Å². The number of fused-ring (bicyclic) bond motifs is 1. The van der Waals surface area contributed by atoms with Crippen LogP contribution in [0.3, 0.4) is 0 Å². The van der Waals surface area contributed by atoms with Crippen LogP contribution in [-0.4, -0.2) is 29.8 Å². The van der Waals surface area contributed by atoms with Crippen molar-refractivity contribution in [2.24, 2.45) is 21.1 Å². The number of benzene rings is 1. The summed E-state index contributed by atoms with van der Waals surface area (Å²) in [6.45, 7) is 0. The molecule has 132 valence electrons. The largest absolute Gasteiger partial charge is 0.477 e. The zero-order valence-electron chi connectivity index (χ0n) is 13.5. The number of hydrogen-bond donors (Lipinski definition) is 1. The Morgan fingerprint density at radius 1 is 1.08 bits per heavy atom. The van der Waals surface area contributed by atoms with Gasteiger partial charge < -0.3 is 9.67 Å². The Hall–Kier alpha value is -3.30. The first-order chi connectivity index (χ1) is 11.7. The summed E-state index contributed by atoms with van der Waals surface area (Å²) in [7, 11) is 4.77. The summed E-state index contributed by atoms with van der Waals surface area (Å²) >= 11 is 0. The Bertz CT molecular complexity index is 1060. The lowest BCUT2D eigenvalue weighted by atomic mass is 10.2. The monoisotopic (exact) mass is 352 g/mol. The molecule has 0 aliphatic rings. The maximum atomic E-state index is 12.5. The molecule has 0 aliphatic carbocycles. The number of hydrogen-bond acceptors (Lipinski definition) is 4. The molecule has 0 fully saturated rings. The highest BCUT2D eigenvalue weighted by Crippen LogP contribution is 2.11. The van der Waals surface area contributed by atoms with Crippen LogP contribution in [-0.2, 0) is 21.1 Å². The summed E-state index contributed by atoms with van der Waals surface area (Å²) in [6, 6.07) is 2.90. The molecule has 8 nitrogen and oxygen atoms in total. The fraction of sp³-hybridized carbons (Fsp3) is 0.200. The van der Waals surface area contributed by atoms with Gasteiger partial charge in [0.15, 0.2) is 11.2 Å². The van der Waals surface area contributed by atoms with E-state index in [1.54, 1.807) is 18.7 Å². The van der Waals surface area contributed by atoms with Gasteiger partial charge in [-0.05, 0) is 12.1 Å². The molecule has 10 heteroatoms. The molecular formula is C15H14F2N4O4. The van der Waals surface area contributed by atoms with Crippen molar-refractivity contribution in [1.82, 2.24) is 18.7 Å². The van der Waals surface area contributed by atoms with Crippen molar-refractivity contribution in [2.75, 3.05) is 0 Å². The number of carbonyl (C=O) groups is 1. The van der Waals surface area contributed by atoms with Crippen LogP contribution in [0.2, 0.25) is 0 Å². The van der Waals surface area contributed by atoms with E-state index in [1.165, 1.54) is 17.9 Å². The van der Waals surface area contributed by atoms with E-state index in [9.17, 15) is 23.2 Å². The highest BCUT2D eigenvalue weighted by Gasteiger charge is 2.14. The Morgan fingerprint density at radius 3 is 2.12 bits per heavy atom. The standard InChI is InChI=1S/C8H10N4O2.C7H4F2O2/c1-10-4-9-6-5(10)7(13)12(3)8(14)11(6)2;8-4-2-1-3-5(9)6(4)7(10)11/h4H,1-3H3;1-3H,(H,10,11). The van der Waals surface area contributed by atoms with Crippen LogP contribution in [0.25, 0.3) is 11.2 Å². The number of halogens is 2. The van der Waals surface area contributed by atoms with Crippen LogP contribution < -0.4 is 11.2 Å². The summed E-state index contributed by atoms with van der Waals surface area (Å²) in [5, 5.41) is 8.27. The van der Waals surface area contributed by atoms with E-state index in [1.807, 2.05) is 0 Å². The zero-order valence-corrected chi connectivity index (χ0v) is 13.5. The van der Waals surface area contributed by atoms with Crippen molar-refractivity contribution in [2.45, 2.75) is 0 Å². The van der Waals surface area contributed by atoms with Gasteiger partial charge in [-0.2, -0.15) is 0 Å². The second-order valence-electron chi connectivity index (χ2n) is 5.14. The minimum atomic E-state index is -1.60. The van der Waals surface area contributed by atoms with E-state index >= 15 is 0 Å². The van der Waals surface area contributed by atoms with Gasteiger partial charge >= 0.3 is 11.7 Å². The van der Waals surface area contributed by atoms with Gasteiger partial charge in [-0.15, -0.1) is 0 Å². The fourth-order valence-corrected chi connectivity index (χ4v) is 2.17. The zero-order chi connectivity index (χ0) is 18.9. The van der Waals surface area contributed by atoms with Gasteiger partial charge in [-0.1, -0.05) is 6.07 Å². The van der Waals surface area contributed by atoms with Crippen molar-refractivity contribution in [3.63, 3.8) is 0 Å². The predicted octanol–water partition coefficient (Wildman–Crippen LogP) is 0.634. The number of carboxylic acid groups (broad SMARTS) is 1. The Balaban J connectivity index is 0.000000186. The van der Waals surface area contributed by atoms with E-state index in [4.69, 9.17) is 5.11 Å². The summed E-state index contributed by atoms with van der Waals surface area (Å²) in [5.74, 6) is -3.71. The average Bonchev–Trinajstić information content (AvgIpc) is 2.93. The number of carboxylic acids is 1. The predicted molar refractivity (Wildman–Crippen MR) is 84.5 cm³/mol. The maximum absolute atomic E-state index is 12.5. The highest BCUT2D eigenvalue weighted by molar-refractivity contribution is 5.88. The lowest BCUT2D eigenvalue weighted by molar-refractivity contribution is 0.0686. The molecule has 0 radical (unpaired) electrons. The molecule has 2 aromatic heterocycles. The Labute approximate surface area is 139 Å². The fourth-order valence-electron chi connectivity index (χ4n) is 2.17. The first-order valence-corrected chi connectivity index (χ1v) is 6.91. The normalized spacial score (nSPS) is 10.4. The topological polar surface area (TPSA) is 99.1 Å². The molecular weight excluding hydrogens is 338 g/mol. The van der Waals surface area contributed by atoms with Crippen LogP contribution in [0, 0.1) is 11.6 Å². The van der Waals surface area contributed by atoms with Crippen LogP contribution >= 0.6 is 0 Å². The SMILES string of the molecule is Cn1c(=O)c2c(ncn2C)n(C)c1=O.O=C(O)c1c(F)cccc1F. The molecule has 0 atom stereocenters. The van der Waals surface area contributed by atoms with Crippen LogP contribution in [0.5, 0.6) is 0 Å². The second-order valence-corrected chi connectivity index (χ2v) is 5.14. The number of aromatic carboxylic acids is 1. The minimum absolute atomic E-state index is 0.317. The molecule has 0 saturated heterocycles. The molecule has 25 heavy (non-hydrogen) atoms. The summed E-state index contributed by atoms with van der Waals surface area (Å²) < 4.78 is 29.0. The van der Waals surface area contributed by atoms with Gasteiger partial charge in [-0.3, -0.25) is 13.9 Å². The first-order valence-electron chi connectivity index (χ1n) is 6.91. The van der Waals surface area contributed by atoms with Crippen molar-refractivity contribution in [3.8, 4) is 0 Å². The molecule has 2 heterocycles. The van der Waals surface area contributed by atoms with E-state index in [-0.39, 0.29) is 11.2 Å². The molecule has 1 aromatic carbocycles. The molecule has 0 saturated carbocycles. The molecule has 0 amide bonds. The van der Waals surface area contributed by atoms with E-state index in [2.05, 4.69) is 4.98 Å².